The SMILES string of the molecule is CC(C)OCCOC(=O)c1cc(O)ccc1N. The zero-order valence-electron chi connectivity index (χ0n) is 9.97. The summed E-state index contributed by atoms with van der Waals surface area (Å²) in [5.74, 6) is -0.588. The van der Waals surface area contributed by atoms with Crippen LogP contribution in [0, 0.1) is 0 Å². The van der Waals surface area contributed by atoms with Gasteiger partial charge in [0.05, 0.1) is 18.3 Å². The van der Waals surface area contributed by atoms with Gasteiger partial charge in [0.25, 0.3) is 0 Å². The van der Waals surface area contributed by atoms with Crippen LogP contribution in [-0.2, 0) is 9.47 Å². The lowest BCUT2D eigenvalue weighted by Gasteiger charge is -2.09. The van der Waals surface area contributed by atoms with Gasteiger partial charge in [-0.1, -0.05) is 0 Å². The number of phenolic OH excluding ortho intramolecular Hbond substituents is 1. The topological polar surface area (TPSA) is 81.8 Å². The number of anilines is 1. The molecular formula is C12H17NO4. The molecule has 0 fully saturated rings. The molecule has 0 saturated carbocycles. The Hall–Kier alpha value is -1.75. The Balaban J connectivity index is 2.49. The van der Waals surface area contributed by atoms with E-state index in [0.29, 0.717) is 6.61 Å². The van der Waals surface area contributed by atoms with Gasteiger partial charge in [0.2, 0.25) is 0 Å². The van der Waals surface area contributed by atoms with Gasteiger partial charge in [-0.3, -0.25) is 0 Å². The third-order valence-electron chi connectivity index (χ3n) is 2.02. The van der Waals surface area contributed by atoms with Gasteiger partial charge >= 0.3 is 5.97 Å². The lowest BCUT2D eigenvalue weighted by molar-refractivity contribution is 0.0177. The second-order valence-electron chi connectivity index (χ2n) is 3.83. The van der Waals surface area contributed by atoms with E-state index in [1.807, 2.05) is 13.8 Å². The summed E-state index contributed by atoms with van der Waals surface area (Å²) in [6, 6.07) is 4.14. The molecule has 0 amide bonds. The van der Waals surface area contributed by atoms with E-state index in [-0.39, 0.29) is 29.7 Å². The van der Waals surface area contributed by atoms with Crippen LogP contribution in [0.5, 0.6) is 5.75 Å². The molecule has 1 aromatic rings. The Morgan fingerprint density at radius 2 is 2.12 bits per heavy atom. The zero-order chi connectivity index (χ0) is 12.8. The maximum Gasteiger partial charge on any atom is 0.340 e. The Morgan fingerprint density at radius 3 is 2.76 bits per heavy atom. The van der Waals surface area contributed by atoms with E-state index in [0.717, 1.165) is 0 Å². The minimum absolute atomic E-state index is 0.0235. The third kappa shape index (κ3) is 4.32. The number of nitrogen functional groups attached to an aromatic ring is 1. The van der Waals surface area contributed by atoms with Crippen molar-refractivity contribution in [2.24, 2.45) is 0 Å². The van der Waals surface area contributed by atoms with Gasteiger partial charge in [-0.15, -0.1) is 0 Å². The van der Waals surface area contributed by atoms with E-state index >= 15 is 0 Å². The van der Waals surface area contributed by atoms with Crippen molar-refractivity contribution in [3.63, 3.8) is 0 Å². The summed E-state index contributed by atoms with van der Waals surface area (Å²) in [6.07, 6.45) is 0.0968. The number of ether oxygens (including phenoxy) is 2. The number of hydrogen-bond donors (Lipinski definition) is 2. The molecule has 0 bridgehead atoms. The highest BCUT2D eigenvalue weighted by atomic mass is 16.6. The second-order valence-corrected chi connectivity index (χ2v) is 3.83. The number of benzene rings is 1. The number of rotatable bonds is 5. The quantitative estimate of drug-likeness (QED) is 0.352. The molecule has 1 rings (SSSR count). The first kappa shape index (κ1) is 13.3. The largest absolute Gasteiger partial charge is 0.508 e. The van der Waals surface area contributed by atoms with Crippen LogP contribution < -0.4 is 5.73 Å². The fraction of sp³-hybridized carbons (Fsp3) is 0.417. The molecule has 17 heavy (non-hydrogen) atoms. The van der Waals surface area contributed by atoms with Crippen molar-refractivity contribution in [1.82, 2.24) is 0 Å². The number of carbonyl (C=O) groups excluding carboxylic acids is 1. The fourth-order valence-electron chi connectivity index (χ4n) is 1.22. The molecular weight excluding hydrogens is 222 g/mol. The van der Waals surface area contributed by atoms with Crippen LogP contribution in [0.3, 0.4) is 0 Å². The van der Waals surface area contributed by atoms with Gasteiger partial charge in [0, 0.05) is 5.69 Å². The van der Waals surface area contributed by atoms with Crippen LogP contribution in [0.25, 0.3) is 0 Å². The van der Waals surface area contributed by atoms with E-state index in [4.69, 9.17) is 15.2 Å². The van der Waals surface area contributed by atoms with Gasteiger partial charge < -0.3 is 20.3 Å². The van der Waals surface area contributed by atoms with Crippen LogP contribution in [0.1, 0.15) is 24.2 Å². The Morgan fingerprint density at radius 1 is 1.41 bits per heavy atom. The smallest absolute Gasteiger partial charge is 0.340 e. The van der Waals surface area contributed by atoms with Crippen LogP contribution in [0.15, 0.2) is 18.2 Å². The summed E-state index contributed by atoms with van der Waals surface area (Å²) in [5, 5.41) is 9.24. The number of aromatic hydroxyl groups is 1. The summed E-state index contributed by atoms with van der Waals surface area (Å²) in [5.41, 5.74) is 6.04. The molecule has 3 N–H and O–H groups in total. The third-order valence-corrected chi connectivity index (χ3v) is 2.02. The maximum atomic E-state index is 11.6. The van der Waals surface area contributed by atoms with Gasteiger partial charge in [-0.2, -0.15) is 0 Å². The molecule has 1 aromatic carbocycles. The summed E-state index contributed by atoms with van der Waals surface area (Å²) < 4.78 is 10.2. The van der Waals surface area contributed by atoms with Crippen LogP contribution in [0.4, 0.5) is 5.69 Å². The summed E-state index contributed by atoms with van der Waals surface area (Å²) in [7, 11) is 0. The molecule has 0 aliphatic heterocycles. The average molecular weight is 239 g/mol. The fourth-order valence-corrected chi connectivity index (χ4v) is 1.22. The highest BCUT2D eigenvalue weighted by Gasteiger charge is 2.11. The molecule has 0 saturated heterocycles. The summed E-state index contributed by atoms with van der Waals surface area (Å²) in [6.45, 7) is 4.29. The number of phenols is 1. The first-order chi connectivity index (χ1) is 8.00. The maximum absolute atomic E-state index is 11.6. The van der Waals surface area contributed by atoms with Crippen molar-refractivity contribution in [3.8, 4) is 5.75 Å². The molecule has 0 heterocycles. The molecule has 5 nitrogen and oxygen atoms in total. The molecule has 0 unspecified atom stereocenters. The Bertz CT molecular complexity index is 390. The molecule has 0 aliphatic rings. The average Bonchev–Trinajstić information content (AvgIpc) is 2.27. The molecule has 5 heteroatoms. The standard InChI is InChI=1S/C12H17NO4/c1-8(2)16-5-6-17-12(15)10-7-9(14)3-4-11(10)13/h3-4,7-8,14H,5-6,13H2,1-2H3. The summed E-state index contributed by atoms with van der Waals surface area (Å²) >= 11 is 0. The molecule has 0 aromatic heterocycles. The highest BCUT2D eigenvalue weighted by Crippen LogP contribution is 2.19. The lowest BCUT2D eigenvalue weighted by Crippen LogP contribution is -2.14. The second kappa shape index (κ2) is 6.10. The van der Waals surface area contributed by atoms with Crippen molar-refractivity contribution in [1.29, 1.82) is 0 Å². The zero-order valence-corrected chi connectivity index (χ0v) is 9.97. The van der Waals surface area contributed by atoms with Crippen molar-refractivity contribution in [2.45, 2.75) is 20.0 Å². The molecule has 0 atom stereocenters. The molecule has 0 aliphatic carbocycles. The minimum atomic E-state index is -0.564. The Labute approximate surface area is 100 Å². The van der Waals surface area contributed by atoms with Crippen molar-refractivity contribution >= 4 is 11.7 Å². The highest BCUT2D eigenvalue weighted by molar-refractivity contribution is 5.95. The number of nitrogens with two attached hydrogens (primary N) is 1. The first-order valence-electron chi connectivity index (χ1n) is 5.38. The van der Waals surface area contributed by atoms with Gasteiger partial charge in [-0.25, -0.2) is 4.79 Å². The number of carbonyl (C=O) groups is 1. The van der Waals surface area contributed by atoms with Crippen LogP contribution >= 0.6 is 0 Å². The van der Waals surface area contributed by atoms with Gasteiger partial charge in [-0.05, 0) is 32.0 Å². The van der Waals surface area contributed by atoms with Gasteiger partial charge in [0.1, 0.15) is 12.4 Å². The normalized spacial score (nSPS) is 10.5. The molecule has 0 spiro atoms. The van der Waals surface area contributed by atoms with E-state index in [9.17, 15) is 9.90 Å². The first-order valence-corrected chi connectivity index (χ1v) is 5.38. The van der Waals surface area contributed by atoms with Crippen molar-refractivity contribution in [3.05, 3.63) is 23.8 Å². The monoisotopic (exact) mass is 239 g/mol. The van der Waals surface area contributed by atoms with E-state index in [2.05, 4.69) is 0 Å². The Kier molecular flexibility index (Phi) is 4.78. The predicted octanol–water partition coefficient (Wildman–Crippen LogP) is 1.56. The van der Waals surface area contributed by atoms with Gasteiger partial charge in [0.15, 0.2) is 0 Å². The van der Waals surface area contributed by atoms with Crippen molar-refractivity contribution in [2.75, 3.05) is 18.9 Å². The minimum Gasteiger partial charge on any atom is -0.508 e. The predicted molar refractivity (Wildman–Crippen MR) is 63.9 cm³/mol. The van der Waals surface area contributed by atoms with Crippen molar-refractivity contribution < 1.29 is 19.4 Å². The number of esters is 1. The van der Waals surface area contributed by atoms with E-state index in [1.54, 1.807) is 0 Å². The molecule has 94 valence electrons. The van der Waals surface area contributed by atoms with Crippen LogP contribution in [-0.4, -0.2) is 30.4 Å². The summed E-state index contributed by atoms with van der Waals surface area (Å²) in [4.78, 5) is 11.6. The molecule has 0 radical (unpaired) electrons. The van der Waals surface area contributed by atoms with E-state index in [1.165, 1.54) is 18.2 Å². The number of hydrogen-bond acceptors (Lipinski definition) is 5. The van der Waals surface area contributed by atoms with Crippen LogP contribution in [0.2, 0.25) is 0 Å². The van der Waals surface area contributed by atoms with E-state index < -0.39 is 5.97 Å². The lowest BCUT2D eigenvalue weighted by atomic mass is 10.2.